The van der Waals surface area contributed by atoms with Gasteiger partial charge in [0.1, 0.15) is 0 Å². The van der Waals surface area contributed by atoms with Gasteiger partial charge in [0, 0.05) is 0 Å². The molecule has 0 heterocycles. The summed E-state index contributed by atoms with van der Waals surface area (Å²) < 4.78 is 0. The van der Waals surface area contributed by atoms with Gasteiger partial charge in [0.15, 0.2) is 0 Å². The van der Waals surface area contributed by atoms with Gasteiger partial charge in [0.2, 0.25) is 0 Å². The fraction of sp³-hybridized carbons (Fsp3) is 1.00. The van der Waals surface area contributed by atoms with Crippen LogP contribution in [0.15, 0.2) is 0 Å². The van der Waals surface area contributed by atoms with Crippen molar-refractivity contribution in [3.8, 4) is 0 Å². The molecular weight excluding hydrogens is 856 g/mol. The van der Waals surface area contributed by atoms with Crippen molar-refractivity contribution in [2.24, 2.45) is 0 Å². The molecule has 0 aliphatic rings. The summed E-state index contributed by atoms with van der Waals surface area (Å²) in [6.07, 6.45) is 0. The molecule has 0 saturated heterocycles. The second kappa shape index (κ2) is 80.9. The van der Waals surface area contributed by atoms with E-state index in [-0.39, 0.29) is 127 Å². The van der Waals surface area contributed by atoms with Gasteiger partial charge < -0.3 is 0 Å². The van der Waals surface area contributed by atoms with Crippen LogP contribution in [0.3, 0.4) is 0 Å². The average Bonchev–Trinajstić information content (AvgIpc) is 2.23. The van der Waals surface area contributed by atoms with Crippen molar-refractivity contribution >= 4 is 127 Å². The fourth-order valence-electron chi connectivity index (χ4n) is 0. The van der Waals surface area contributed by atoms with Crippen molar-refractivity contribution in [1.29, 1.82) is 0 Å². The van der Waals surface area contributed by atoms with Gasteiger partial charge in [-0.1, -0.05) is 0 Å². The van der Waals surface area contributed by atoms with Gasteiger partial charge >= 0.3 is 186 Å². The molecule has 0 fully saturated rings. The van der Waals surface area contributed by atoms with Crippen molar-refractivity contribution in [1.82, 2.24) is 0 Å². The Hall–Kier alpha value is 4.79. The first-order valence-electron chi connectivity index (χ1n) is 6.00. The van der Waals surface area contributed by atoms with Crippen molar-refractivity contribution in [3.05, 3.63) is 0 Å². The maximum atomic E-state index is 2.30. The molecule has 0 aliphatic carbocycles. The van der Waals surface area contributed by atoms with Crippen LogP contribution in [-0.4, -0.2) is 127 Å². The van der Waals surface area contributed by atoms with Crippen LogP contribution in [0.5, 0.6) is 0 Å². The van der Waals surface area contributed by atoms with Gasteiger partial charge in [-0.15, -0.1) is 0 Å². The standard InChI is InChI=1S/12CH3.6Sn/h12*1H3;;;;;;. The Balaban J connectivity index is -0.0000000240. The molecule has 0 rings (SSSR count). The van der Waals surface area contributed by atoms with Crippen molar-refractivity contribution in [2.45, 2.75) is 59.3 Å². The van der Waals surface area contributed by atoms with E-state index in [9.17, 15) is 0 Å². The van der Waals surface area contributed by atoms with Crippen molar-refractivity contribution < 1.29 is 0 Å². The Labute approximate surface area is 182 Å². The summed E-state index contributed by atoms with van der Waals surface area (Å²) in [6, 6.07) is 0. The van der Waals surface area contributed by atoms with E-state index < -0.39 is 0 Å². The Morgan fingerprint density at radius 1 is 0.222 bits per heavy atom. The van der Waals surface area contributed by atoms with E-state index in [4.69, 9.17) is 0 Å². The van der Waals surface area contributed by atoms with Crippen LogP contribution in [-0.2, 0) is 0 Å². The molecule has 0 N–H and O–H groups in total. The topological polar surface area (TPSA) is 0 Å². The molecule has 0 aromatic rings. The maximum absolute atomic E-state index is 2.30. The van der Waals surface area contributed by atoms with Gasteiger partial charge in [-0.25, -0.2) is 0 Å². The fourth-order valence-corrected chi connectivity index (χ4v) is 0. The van der Waals surface area contributed by atoms with Gasteiger partial charge in [-0.3, -0.25) is 0 Å². The predicted octanol–water partition coefficient (Wildman–Crippen LogP) is 4.72. The normalized spacial score (nSPS) is 6.00. The molecule has 0 unspecified atom stereocenters. The van der Waals surface area contributed by atoms with Crippen LogP contribution in [0, 0.1) is 0 Å². The van der Waals surface area contributed by atoms with E-state index in [1.807, 2.05) is 0 Å². The second-order valence-electron chi connectivity index (χ2n) is 3.00. The molecule has 0 aromatic heterocycles. The van der Waals surface area contributed by atoms with Crippen molar-refractivity contribution in [2.75, 3.05) is 0 Å². The molecule has 12 radical (unpaired) electrons. The van der Waals surface area contributed by atoms with Crippen LogP contribution in [0.4, 0.5) is 0 Å². The molecule has 6 heteroatoms. The first-order chi connectivity index (χ1) is 8.49. The Morgan fingerprint density at radius 3 is 0.222 bits per heavy atom. The average molecular weight is 893 g/mol. The van der Waals surface area contributed by atoms with Crippen LogP contribution >= 0.6 is 0 Å². The van der Waals surface area contributed by atoms with Gasteiger partial charge in [0.05, 0.1) is 0 Å². The van der Waals surface area contributed by atoms with E-state index in [0.717, 1.165) is 0 Å². The number of rotatable bonds is 0. The number of hydrogen-bond donors (Lipinski definition) is 0. The summed E-state index contributed by atoms with van der Waals surface area (Å²) in [5.41, 5.74) is 0. The molecule has 0 amide bonds. The van der Waals surface area contributed by atoms with Crippen LogP contribution in [0.2, 0.25) is 59.3 Å². The third-order valence-corrected chi connectivity index (χ3v) is 0. The molecule has 0 aromatic carbocycles. The zero-order valence-electron chi connectivity index (χ0n) is 15.0. The summed E-state index contributed by atoms with van der Waals surface area (Å²) in [6.45, 7) is 0. The van der Waals surface area contributed by atoms with Gasteiger partial charge in [-0.2, -0.15) is 0 Å². The first kappa shape index (κ1) is 38.4. The molecule has 18 heavy (non-hydrogen) atoms. The third kappa shape index (κ3) is 355. The van der Waals surface area contributed by atoms with Gasteiger partial charge in [0.25, 0.3) is 0 Å². The van der Waals surface area contributed by atoms with E-state index >= 15 is 0 Å². The Morgan fingerprint density at radius 2 is 0.222 bits per heavy atom. The SMILES string of the molecule is [CH3][Sn][CH3].[CH3][Sn][CH3].[CH3][Sn][CH3].[CH3][Sn][CH3].[CH3][Sn][CH3].[CH3][Sn][CH3]. The molecular formula is C12H36Sn6. The zero-order valence-corrected chi connectivity index (χ0v) is 32.1. The van der Waals surface area contributed by atoms with E-state index in [1.165, 1.54) is 0 Å². The summed E-state index contributed by atoms with van der Waals surface area (Å²) >= 11 is 1.38. The summed E-state index contributed by atoms with van der Waals surface area (Å²) in [7, 11) is 0. The van der Waals surface area contributed by atoms with E-state index in [2.05, 4.69) is 59.3 Å². The first-order valence-corrected chi connectivity index (χ1v) is 40.2. The quantitative estimate of drug-likeness (QED) is 0.310. The van der Waals surface area contributed by atoms with Crippen molar-refractivity contribution in [3.63, 3.8) is 0 Å². The van der Waals surface area contributed by atoms with Crippen LogP contribution in [0.25, 0.3) is 0 Å². The Kier molecular flexibility index (Phi) is 172. The third-order valence-electron chi connectivity index (χ3n) is 0. The summed E-state index contributed by atoms with van der Waals surface area (Å²) in [5, 5.41) is 0. The summed E-state index contributed by atoms with van der Waals surface area (Å²) in [5.74, 6) is 0. The summed E-state index contributed by atoms with van der Waals surface area (Å²) in [4.78, 5) is 27.5. The van der Waals surface area contributed by atoms with E-state index in [0.29, 0.717) is 0 Å². The molecule has 0 spiro atoms. The Bertz CT molecular complexity index is 32.0. The van der Waals surface area contributed by atoms with Crippen LogP contribution < -0.4 is 0 Å². The predicted molar refractivity (Wildman–Crippen MR) is 105 cm³/mol. The minimum absolute atomic E-state index is 0.230. The molecule has 0 bridgehead atoms. The molecule has 0 saturated carbocycles. The molecule has 0 nitrogen and oxygen atoms in total. The van der Waals surface area contributed by atoms with E-state index in [1.54, 1.807) is 0 Å². The zero-order chi connectivity index (χ0) is 16.2. The molecule has 0 atom stereocenters. The molecule has 108 valence electrons. The second-order valence-corrected chi connectivity index (χ2v) is 20.1. The molecule has 0 aliphatic heterocycles. The number of hydrogen-bond acceptors (Lipinski definition) is 0. The van der Waals surface area contributed by atoms with Crippen LogP contribution in [0.1, 0.15) is 0 Å². The monoisotopic (exact) mass is 900 g/mol. The minimum atomic E-state index is 0.230. The van der Waals surface area contributed by atoms with Gasteiger partial charge in [-0.05, 0) is 0 Å².